The van der Waals surface area contributed by atoms with E-state index in [9.17, 15) is 19.5 Å². The quantitative estimate of drug-likeness (QED) is 0.337. The number of carbonyl (C=O) groups excluding carboxylic acids is 1. The first-order valence-corrected chi connectivity index (χ1v) is 8.97. The predicted molar refractivity (Wildman–Crippen MR) is 111 cm³/mol. The number of aromatic amines is 2. The number of phenols is 1. The molecule has 7 N–H and O–H groups in total. The Bertz CT molecular complexity index is 1140. The number of nitrogens with one attached hydrogen (secondary N) is 4. The van der Waals surface area contributed by atoms with Gasteiger partial charge in [-0.05, 0) is 24.1 Å². The summed E-state index contributed by atoms with van der Waals surface area (Å²) < 4.78 is 0. The maximum atomic E-state index is 12.5. The van der Waals surface area contributed by atoms with Crippen molar-refractivity contribution in [3.8, 4) is 5.75 Å². The second-order valence-corrected chi connectivity index (χ2v) is 6.37. The average Bonchev–Trinajstić information content (AvgIpc) is 2.72. The van der Waals surface area contributed by atoms with Crippen molar-refractivity contribution in [3.63, 3.8) is 0 Å². The van der Waals surface area contributed by atoms with Crippen LogP contribution in [-0.2, 0) is 0 Å². The van der Waals surface area contributed by atoms with E-state index in [0.29, 0.717) is 6.42 Å². The lowest BCUT2D eigenvalue weighted by atomic mass is 10.0. The minimum absolute atomic E-state index is 0.00771. The van der Waals surface area contributed by atoms with Crippen molar-refractivity contribution < 1.29 is 9.90 Å². The Morgan fingerprint density at radius 1 is 1.03 bits per heavy atom. The average molecular weight is 395 g/mol. The van der Waals surface area contributed by atoms with Gasteiger partial charge in [-0.3, -0.25) is 24.6 Å². The number of aromatic hydroxyl groups is 1. The molecule has 0 unspecified atom stereocenters. The molecule has 0 aliphatic rings. The summed E-state index contributed by atoms with van der Waals surface area (Å²) in [5.74, 6) is -1.24. The van der Waals surface area contributed by atoms with Gasteiger partial charge in [0, 0.05) is 0 Å². The summed E-state index contributed by atoms with van der Waals surface area (Å²) in [6, 6.07) is 13.6. The number of anilines is 3. The molecule has 0 spiro atoms. The van der Waals surface area contributed by atoms with Gasteiger partial charge in [-0.1, -0.05) is 43.3 Å². The number of nitrogens with two attached hydrogens (primary N) is 1. The van der Waals surface area contributed by atoms with Gasteiger partial charge in [0.1, 0.15) is 11.4 Å². The van der Waals surface area contributed by atoms with Crippen LogP contribution >= 0.6 is 0 Å². The molecular formula is C20H21N5O4. The lowest BCUT2D eigenvalue weighted by Gasteiger charge is -2.20. The molecule has 1 atom stereocenters. The molecule has 0 aliphatic carbocycles. The van der Waals surface area contributed by atoms with Crippen molar-refractivity contribution in [1.82, 2.24) is 10.2 Å². The van der Waals surface area contributed by atoms with Gasteiger partial charge >= 0.3 is 0 Å². The summed E-state index contributed by atoms with van der Waals surface area (Å²) in [5.41, 5.74) is 4.89. The van der Waals surface area contributed by atoms with Gasteiger partial charge in [-0.15, -0.1) is 0 Å². The van der Waals surface area contributed by atoms with Gasteiger partial charge in [0.25, 0.3) is 17.0 Å². The Morgan fingerprint density at radius 2 is 1.69 bits per heavy atom. The molecule has 1 heterocycles. The summed E-state index contributed by atoms with van der Waals surface area (Å²) >= 11 is 0. The number of primary amides is 1. The molecule has 1 aromatic heterocycles. The van der Waals surface area contributed by atoms with Crippen LogP contribution in [0.5, 0.6) is 5.75 Å². The summed E-state index contributed by atoms with van der Waals surface area (Å²) in [6.07, 6.45) is 0.651. The fourth-order valence-corrected chi connectivity index (χ4v) is 2.98. The molecule has 9 nitrogen and oxygen atoms in total. The number of amides is 1. The molecule has 9 heteroatoms. The fourth-order valence-electron chi connectivity index (χ4n) is 2.98. The number of benzene rings is 2. The molecule has 3 rings (SSSR count). The summed E-state index contributed by atoms with van der Waals surface area (Å²) in [6.45, 7) is 1.95. The van der Waals surface area contributed by atoms with Gasteiger partial charge in [0.2, 0.25) is 0 Å². The zero-order valence-corrected chi connectivity index (χ0v) is 15.7. The minimum Gasteiger partial charge on any atom is -0.505 e. The van der Waals surface area contributed by atoms with E-state index in [0.717, 1.165) is 5.56 Å². The van der Waals surface area contributed by atoms with Crippen LogP contribution in [0.3, 0.4) is 0 Å². The highest BCUT2D eigenvalue weighted by Gasteiger charge is 2.19. The monoisotopic (exact) mass is 395 g/mol. The van der Waals surface area contributed by atoms with Crippen molar-refractivity contribution in [2.45, 2.75) is 19.4 Å². The Morgan fingerprint density at radius 3 is 2.31 bits per heavy atom. The van der Waals surface area contributed by atoms with E-state index in [2.05, 4.69) is 20.8 Å². The van der Waals surface area contributed by atoms with Gasteiger partial charge in [-0.2, -0.15) is 0 Å². The lowest BCUT2D eigenvalue weighted by Crippen LogP contribution is -2.27. The highest BCUT2D eigenvalue weighted by Crippen LogP contribution is 2.31. The van der Waals surface area contributed by atoms with Crippen molar-refractivity contribution >= 4 is 23.0 Å². The van der Waals surface area contributed by atoms with Crippen LogP contribution in [0.4, 0.5) is 17.1 Å². The van der Waals surface area contributed by atoms with Crippen LogP contribution in [-0.4, -0.2) is 21.2 Å². The number of hydrogen-bond donors (Lipinski definition) is 6. The van der Waals surface area contributed by atoms with E-state index < -0.39 is 22.8 Å². The van der Waals surface area contributed by atoms with Crippen molar-refractivity contribution in [2.75, 3.05) is 10.6 Å². The van der Waals surface area contributed by atoms with Crippen LogP contribution in [0.2, 0.25) is 0 Å². The molecule has 150 valence electrons. The summed E-state index contributed by atoms with van der Waals surface area (Å²) in [7, 11) is 0. The molecule has 3 aromatic rings. The number of aromatic nitrogens is 2. The van der Waals surface area contributed by atoms with E-state index in [1.54, 1.807) is 0 Å². The SMILES string of the molecule is CC[C@@H](Nc1c(Nc2cccc(C(N)=O)c2O)c(=O)[nH][nH]c1=O)c1ccccc1. The van der Waals surface area contributed by atoms with E-state index in [-0.39, 0.29) is 28.7 Å². The Hall–Kier alpha value is -4.01. The second-order valence-electron chi connectivity index (χ2n) is 6.37. The van der Waals surface area contributed by atoms with E-state index in [1.807, 2.05) is 37.3 Å². The van der Waals surface area contributed by atoms with Crippen LogP contribution in [0.1, 0.15) is 35.3 Å². The normalized spacial score (nSPS) is 11.6. The molecular weight excluding hydrogens is 374 g/mol. The van der Waals surface area contributed by atoms with Crippen LogP contribution in [0.25, 0.3) is 0 Å². The van der Waals surface area contributed by atoms with Crippen molar-refractivity contribution in [3.05, 3.63) is 80.4 Å². The van der Waals surface area contributed by atoms with Gasteiger partial charge in [0.15, 0.2) is 5.75 Å². The number of H-pyrrole nitrogens is 2. The minimum atomic E-state index is -0.820. The van der Waals surface area contributed by atoms with Gasteiger partial charge in [0.05, 0.1) is 17.3 Å². The molecule has 0 bridgehead atoms. The summed E-state index contributed by atoms with van der Waals surface area (Å²) in [5, 5.41) is 20.7. The fraction of sp³-hybridized carbons (Fsp3) is 0.150. The lowest BCUT2D eigenvalue weighted by molar-refractivity contribution is 0.0998. The third-order valence-electron chi connectivity index (χ3n) is 4.48. The van der Waals surface area contributed by atoms with Gasteiger partial charge < -0.3 is 21.5 Å². The van der Waals surface area contributed by atoms with E-state index in [1.165, 1.54) is 18.2 Å². The van der Waals surface area contributed by atoms with Crippen molar-refractivity contribution in [2.24, 2.45) is 5.73 Å². The zero-order valence-electron chi connectivity index (χ0n) is 15.7. The summed E-state index contributed by atoms with van der Waals surface area (Å²) in [4.78, 5) is 36.3. The Kier molecular flexibility index (Phi) is 5.68. The topological polar surface area (TPSA) is 153 Å². The Labute approximate surface area is 165 Å². The van der Waals surface area contributed by atoms with Crippen LogP contribution in [0, 0.1) is 0 Å². The molecule has 1 amide bonds. The first-order chi connectivity index (χ1) is 13.9. The van der Waals surface area contributed by atoms with E-state index >= 15 is 0 Å². The maximum absolute atomic E-state index is 12.5. The molecule has 0 fully saturated rings. The highest BCUT2D eigenvalue weighted by molar-refractivity contribution is 5.98. The number of para-hydroxylation sites is 1. The first kappa shape index (κ1) is 19.7. The second kappa shape index (κ2) is 8.34. The van der Waals surface area contributed by atoms with Gasteiger partial charge in [-0.25, -0.2) is 0 Å². The third kappa shape index (κ3) is 4.13. The number of hydrogen-bond acceptors (Lipinski definition) is 6. The zero-order chi connectivity index (χ0) is 21.0. The smallest absolute Gasteiger partial charge is 0.288 e. The number of carbonyl (C=O) groups is 1. The van der Waals surface area contributed by atoms with Crippen LogP contribution < -0.4 is 27.5 Å². The molecule has 2 aromatic carbocycles. The predicted octanol–water partition coefficient (Wildman–Crippen LogP) is 2.17. The third-order valence-corrected chi connectivity index (χ3v) is 4.48. The molecule has 0 saturated carbocycles. The standard InChI is InChI=1S/C20H21N5O4/c1-2-13(11-7-4-3-5-8-11)22-15-16(20(29)25-24-19(15)28)23-14-10-6-9-12(17(14)26)18(21)27/h3-10,13,26H,2H2,1H3,(H2,21,27)(H2,22,25,29)(H2,23,24,28)/t13-/m1/s1. The molecule has 0 aliphatic heterocycles. The first-order valence-electron chi connectivity index (χ1n) is 8.97. The molecule has 29 heavy (non-hydrogen) atoms. The molecule has 0 radical (unpaired) electrons. The number of rotatable bonds is 7. The van der Waals surface area contributed by atoms with Crippen LogP contribution in [0.15, 0.2) is 58.1 Å². The Balaban J connectivity index is 2.04. The maximum Gasteiger partial charge on any atom is 0.288 e. The highest BCUT2D eigenvalue weighted by atomic mass is 16.3. The molecule has 0 saturated heterocycles. The van der Waals surface area contributed by atoms with E-state index in [4.69, 9.17) is 5.73 Å². The largest absolute Gasteiger partial charge is 0.505 e. The van der Waals surface area contributed by atoms with Crippen molar-refractivity contribution in [1.29, 1.82) is 0 Å².